The van der Waals surface area contributed by atoms with Gasteiger partial charge in [-0.1, -0.05) is 38.3 Å². The van der Waals surface area contributed by atoms with Crippen LogP contribution in [0, 0.1) is 52.8 Å². The lowest BCUT2D eigenvalue weighted by Crippen LogP contribution is -2.52. The van der Waals surface area contributed by atoms with Crippen LogP contribution in [0.5, 0.6) is 0 Å². The van der Waals surface area contributed by atoms with E-state index in [2.05, 4.69) is 32.8 Å². The van der Waals surface area contributed by atoms with Gasteiger partial charge in [-0.05, 0) is 112 Å². The molecular formula is C28H44O2. The van der Waals surface area contributed by atoms with Crippen LogP contribution in [-0.2, 0) is 0 Å². The summed E-state index contributed by atoms with van der Waals surface area (Å²) in [5, 5.41) is 20.9. The number of hydrogen-bond donors (Lipinski definition) is 2. The van der Waals surface area contributed by atoms with Crippen LogP contribution in [0.25, 0.3) is 0 Å². The Hall–Kier alpha value is -0.780. The van der Waals surface area contributed by atoms with Crippen LogP contribution in [0.1, 0.15) is 98.8 Å². The topological polar surface area (TPSA) is 40.5 Å². The van der Waals surface area contributed by atoms with Crippen molar-refractivity contribution in [1.82, 2.24) is 0 Å². The molecule has 168 valence electrons. The molecule has 4 aliphatic carbocycles. The van der Waals surface area contributed by atoms with E-state index in [1.165, 1.54) is 37.7 Å². The average Bonchev–Trinajstić information content (AvgIpc) is 3.03. The highest BCUT2D eigenvalue weighted by Crippen LogP contribution is 2.67. The summed E-state index contributed by atoms with van der Waals surface area (Å²) in [6.07, 6.45) is 19.3. The van der Waals surface area contributed by atoms with Crippen LogP contribution < -0.4 is 0 Å². The van der Waals surface area contributed by atoms with Gasteiger partial charge in [0, 0.05) is 6.42 Å². The third kappa shape index (κ3) is 3.59. The van der Waals surface area contributed by atoms with Gasteiger partial charge in [0.05, 0.1) is 5.60 Å². The van der Waals surface area contributed by atoms with E-state index in [0.717, 1.165) is 49.4 Å². The van der Waals surface area contributed by atoms with Gasteiger partial charge in [-0.3, -0.25) is 0 Å². The van der Waals surface area contributed by atoms with Crippen molar-refractivity contribution in [2.45, 2.75) is 110 Å². The minimum atomic E-state index is -0.921. The van der Waals surface area contributed by atoms with Crippen LogP contribution in [0.4, 0.5) is 0 Å². The van der Waals surface area contributed by atoms with E-state index < -0.39 is 11.2 Å². The van der Waals surface area contributed by atoms with E-state index in [1.54, 1.807) is 0 Å². The molecule has 0 aromatic heterocycles. The van der Waals surface area contributed by atoms with Crippen LogP contribution in [0.3, 0.4) is 0 Å². The Bertz CT molecular complexity index is 739. The minimum Gasteiger partial charge on any atom is -0.390 e. The van der Waals surface area contributed by atoms with Gasteiger partial charge in [-0.25, -0.2) is 0 Å². The number of aliphatic hydroxyl groups is 2. The number of allylic oxidation sites excluding steroid dienone is 1. The van der Waals surface area contributed by atoms with Gasteiger partial charge >= 0.3 is 0 Å². The quantitative estimate of drug-likeness (QED) is 0.431. The number of terminal acetylenes is 1. The predicted molar refractivity (Wildman–Crippen MR) is 124 cm³/mol. The first-order valence-corrected chi connectivity index (χ1v) is 12.5. The normalized spacial score (nSPS) is 46.8. The van der Waals surface area contributed by atoms with Crippen LogP contribution in [-0.4, -0.2) is 21.4 Å². The molecule has 0 aliphatic heterocycles. The fraction of sp³-hybridized carbons (Fsp3) is 0.857. The second-order valence-electron chi connectivity index (χ2n) is 12.7. The van der Waals surface area contributed by atoms with Crippen molar-refractivity contribution >= 4 is 0 Å². The molecule has 0 aromatic rings. The Kier molecular flexibility index (Phi) is 5.52. The maximum Gasteiger partial charge on any atom is 0.128 e. The van der Waals surface area contributed by atoms with Crippen LogP contribution in [0.15, 0.2) is 11.6 Å². The number of hydrogen-bond acceptors (Lipinski definition) is 2. The second kappa shape index (κ2) is 7.38. The van der Waals surface area contributed by atoms with E-state index >= 15 is 0 Å². The van der Waals surface area contributed by atoms with E-state index in [0.29, 0.717) is 17.8 Å². The molecule has 3 saturated carbocycles. The fourth-order valence-electron chi connectivity index (χ4n) is 8.53. The molecule has 0 amide bonds. The maximum absolute atomic E-state index is 10.7. The lowest BCUT2D eigenvalue weighted by atomic mass is 9.46. The van der Waals surface area contributed by atoms with Crippen molar-refractivity contribution in [2.24, 2.45) is 40.4 Å². The predicted octanol–water partition coefficient (Wildman–Crippen LogP) is 6.12. The molecule has 8 unspecified atom stereocenters. The highest BCUT2D eigenvalue weighted by Gasteiger charge is 2.59. The molecule has 0 spiro atoms. The highest BCUT2D eigenvalue weighted by molar-refractivity contribution is 5.30. The molecular weight excluding hydrogens is 368 g/mol. The SMILES string of the molecule is C#CC1(O)CCC2(C)C(=CCC3C2CCC2(C)C(C(C)CCC(C)(C)O)CCC32)C1. The molecule has 4 aliphatic rings. The highest BCUT2D eigenvalue weighted by atomic mass is 16.3. The summed E-state index contributed by atoms with van der Waals surface area (Å²) in [7, 11) is 0. The Labute approximate surface area is 184 Å². The lowest BCUT2D eigenvalue weighted by Gasteiger charge is -2.59. The van der Waals surface area contributed by atoms with Crippen LogP contribution >= 0.6 is 0 Å². The van der Waals surface area contributed by atoms with Gasteiger partial charge in [-0.2, -0.15) is 0 Å². The van der Waals surface area contributed by atoms with Gasteiger partial charge in [0.25, 0.3) is 0 Å². The van der Waals surface area contributed by atoms with Crippen molar-refractivity contribution in [3.8, 4) is 12.3 Å². The summed E-state index contributed by atoms with van der Waals surface area (Å²) in [5.74, 6) is 6.54. The Morgan fingerprint density at radius 2 is 1.90 bits per heavy atom. The third-order valence-corrected chi connectivity index (χ3v) is 10.4. The standard InChI is InChI=1S/C28H44O2/c1-7-28(30)17-16-26(5)20(18-28)8-9-21-23-11-10-22(19(2)12-14-25(3,4)29)27(23,6)15-13-24(21)26/h1,8,19,21-24,29-30H,9-18H2,2-6H3. The molecule has 8 atom stereocenters. The smallest absolute Gasteiger partial charge is 0.128 e. The maximum atomic E-state index is 10.7. The summed E-state index contributed by atoms with van der Waals surface area (Å²) in [6, 6.07) is 0. The largest absolute Gasteiger partial charge is 0.390 e. The van der Waals surface area contributed by atoms with Crippen molar-refractivity contribution < 1.29 is 10.2 Å². The average molecular weight is 413 g/mol. The molecule has 2 nitrogen and oxygen atoms in total. The molecule has 0 aromatic carbocycles. The van der Waals surface area contributed by atoms with E-state index in [9.17, 15) is 10.2 Å². The Morgan fingerprint density at radius 3 is 2.57 bits per heavy atom. The number of rotatable bonds is 4. The van der Waals surface area contributed by atoms with Gasteiger partial charge in [-0.15, -0.1) is 6.42 Å². The summed E-state index contributed by atoms with van der Waals surface area (Å²) in [5.41, 5.74) is 0.668. The van der Waals surface area contributed by atoms with Crippen molar-refractivity contribution in [2.75, 3.05) is 0 Å². The molecule has 0 heterocycles. The van der Waals surface area contributed by atoms with Crippen LogP contribution in [0.2, 0.25) is 0 Å². The Balaban J connectivity index is 1.53. The van der Waals surface area contributed by atoms with Gasteiger partial charge in [0.2, 0.25) is 0 Å². The molecule has 30 heavy (non-hydrogen) atoms. The summed E-state index contributed by atoms with van der Waals surface area (Å²) in [6.45, 7) is 11.4. The monoisotopic (exact) mass is 412 g/mol. The molecule has 3 fully saturated rings. The molecule has 0 bridgehead atoms. The molecule has 2 heteroatoms. The van der Waals surface area contributed by atoms with Gasteiger partial charge < -0.3 is 10.2 Å². The molecule has 0 saturated heterocycles. The zero-order chi connectivity index (χ0) is 21.9. The number of fused-ring (bicyclic) bond motifs is 5. The van der Waals surface area contributed by atoms with Crippen molar-refractivity contribution in [3.05, 3.63) is 11.6 Å². The molecule has 4 rings (SSSR count). The molecule has 0 radical (unpaired) electrons. The fourth-order valence-corrected chi connectivity index (χ4v) is 8.53. The van der Waals surface area contributed by atoms with E-state index in [-0.39, 0.29) is 5.41 Å². The summed E-state index contributed by atoms with van der Waals surface area (Å²) >= 11 is 0. The van der Waals surface area contributed by atoms with E-state index in [4.69, 9.17) is 6.42 Å². The van der Waals surface area contributed by atoms with E-state index in [1.807, 2.05) is 13.8 Å². The lowest BCUT2D eigenvalue weighted by molar-refractivity contribution is -0.0650. The summed E-state index contributed by atoms with van der Waals surface area (Å²) in [4.78, 5) is 0. The summed E-state index contributed by atoms with van der Waals surface area (Å²) < 4.78 is 0. The van der Waals surface area contributed by atoms with Crippen molar-refractivity contribution in [1.29, 1.82) is 0 Å². The zero-order valence-corrected chi connectivity index (χ0v) is 20.0. The first-order chi connectivity index (χ1) is 13.9. The Morgan fingerprint density at radius 1 is 1.17 bits per heavy atom. The molecule has 2 N–H and O–H groups in total. The first-order valence-electron chi connectivity index (χ1n) is 12.5. The minimum absolute atomic E-state index is 0.234. The van der Waals surface area contributed by atoms with Gasteiger partial charge in [0.15, 0.2) is 0 Å². The van der Waals surface area contributed by atoms with Gasteiger partial charge in [0.1, 0.15) is 5.60 Å². The second-order valence-corrected chi connectivity index (χ2v) is 12.7. The zero-order valence-electron chi connectivity index (χ0n) is 20.0. The van der Waals surface area contributed by atoms with Crippen molar-refractivity contribution in [3.63, 3.8) is 0 Å². The third-order valence-electron chi connectivity index (χ3n) is 10.4. The first kappa shape index (κ1) is 22.4.